The molecule has 0 radical (unpaired) electrons. The number of nitrogens with zero attached hydrogens (tertiary/aromatic N) is 2. The number of nitrogens with one attached hydrogen (secondary N) is 1. The fourth-order valence-corrected chi connectivity index (χ4v) is 6.72. The maximum absolute atomic E-state index is 13.5. The Bertz CT molecular complexity index is 1890. The molecule has 0 unspecified atom stereocenters. The van der Waals surface area contributed by atoms with Crippen LogP contribution in [0.4, 0.5) is 5.69 Å². The van der Waals surface area contributed by atoms with E-state index in [2.05, 4.69) is 34.5 Å². The fourth-order valence-electron chi connectivity index (χ4n) is 6.60. The molecule has 9 nitrogen and oxygen atoms in total. The predicted octanol–water partition coefficient (Wildman–Crippen LogP) is 6.26. The number of fused-ring (bicyclic) bond motifs is 2. The standard InChI is InChI=1S/C37H36ClN3O6/c38-27-10-8-24(9-11-27)17-28(39-37(44)35-20-31(42)29-19-33-34(46-23-45-33)21-32(29)47-35)18-25-12-15-40(16-13-25)30-6-2-1-5-26(30)22-41-14-4-3-7-36(41)43/h1-2,5-6,8-11,18-21,28H,3-4,7,12-17,22-23H2,(H,39,44)/t28-/m1/s1. The highest BCUT2D eigenvalue weighted by atomic mass is 35.5. The van der Waals surface area contributed by atoms with E-state index >= 15 is 0 Å². The SMILES string of the molecule is O=C(N[C@@H](C=C1CCN(c2ccccc2CN2CCCCC2=O)CC1)Cc1ccc(Cl)cc1)c1cc(=O)c2cc3c(cc2o1)OCO3. The van der Waals surface area contributed by atoms with Crippen molar-refractivity contribution in [2.75, 3.05) is 31.3 Å². The van der Waals surface area contributed by atoms with Gasteiger partial charge in [0.1, 0.15) is 5.58 Å². The number of ether oxygens (including phenoxy) is 2. The summed E-state index contributed by atoms with van der Waals surface area (Å²) in [6.07, 6.45) is 7.01. The number of benzene rings is 3. The third kappa shape index (κ3) is 7.00. The van der Waals surface area contributed by atoms with E-state index in [1.165, 1.54) is 22.9 Å². The van der Waals surface area contributed by atoms with Crippen molar-refractivity contribution in [3.05, 3.63) is 111 Å². The van der Waals surface area contributed by atoms with Crippen LogP contribution in [-0.2, 0) is 17.8 Å². The highest BCUT2D eigenvalue weighted by Crippen LogP contribution is 2.35. The zero-order valence-electron chi connectivity index (χ0n) is 26.0. The third-order valence-corrected chi connectivity index (χ3v) is 9.34. The first-order valence-corrected chi connectivity index (χ1v) is 16.5. The molecule has 47 heavy (non-hydrogen) atoms. The molecule has 10 heteroatoms. The Morgan fingerprint density at radius 3 is 2.47 bits per heavy atom. The van der Waals surface area contributed by atoms with E-state index in [9.17, 15) is 14.4 Å². The minimum absolute atomic E-state index is 0.0676. The van der Waals surface area contributed by atoms with Crippen LogP contribution in [0.15, 0.2) is 87.6 Å². The van der Waals surface area contributed by atoms with E-state index in [0.717, 1.165) is 50.9 Å². The number of anilines is 1. The van der Waals surface area contributed by atoms with Crippen LogP contribution in [0.1, 0.15) is 53.8 Å². The number of rotatable bonds is 8. The van der Waals surface area contributed by atoms with Gasteiger partial charge in [-0.15, -0.1) is 0 Å². The lowest BCUT2D eigenvalue weighted by atomic mass is 9.97. The fraction of sp³-hybridized carbons (Fsp3) is 0.324. The molecule has 2 amide bonds. The minimum atomic E-state index is -0.476. The largest absolute Gasteiger partial charge is 0.454 e. The monoisotopic (exact) mass is 653 g/mol. The van der Waals surface area contributed by atoms with Gasteiger partial charge in [0.25, 0.3) is 5.91 Å². The summed E-state index contributed by atoms with van der Waals surface area (Å²) in [5.41, 5.74) is 4.53. The minimum Gasteiger partial charge on any atom is -0.454 e. The van der Waals surface area contributed by atoms with E-state index in [1.807, 2.05) is 35.2 Å². The summed E-state index contributed by atoms with van der Waals surface area (Å²) in [5, 5.41) is 4.06. The number of likely N-dealkylation sites (tertiary alicyclic amines) is 1. The van der Waals surface area contributed by atoms with Gasteiger partial charge in [-0.3, -0.25) is 14.4 Å². The first-order chi connectivity index (χ1) is 22.9. The molecule has 1 aromatic heterocycles. The van der Waals surface area contributed by atoms with Gasteiger partial charge in [0, 0.05) is 55.4 Å². The van der Waals surface area contributed by atoms with Crippen molar-refractivity contribution < 1.29 is 23.5 Å². The van der Waals surface area contributed by atoms with Gasteiger partial charge >= 0.3 is 0 Å². The molecule has 2 fully saturated rings. The van der Waals surface area contributed by atoms with E-state index in [4.69, 9.17) is 25.5 Å². The summed E-state index contributed by atoms with van der Waals surface area (Å²) in [6.45, 7) is 3.17. The molecule has 1 N–H and O–H groups in total. The zero-order chi connectivity index (χ0) is 32.3. The number of carbonyl (C=O) groups excluding carboxylic acids is 2. The lowest BCUT2D eigenvalue weighted by Crippen LogP contribution is -2.37. The molecule has 7 rings (SSSR count). The highest BCUT2D eigenvalue weighted by Gasteiger charge is 2.24. The van der Waals surface area contributed by atoms with Crippen molar-refractivity contribution in [1.29, 1.82) is 0 Å². The average Bonchev–Trinajstić information content (AvgIpc) is 3.54. The Balaban J connectivity index is 1.08. The van der Waals surface area contributed by atoms with Crippen LogP contribution in [0.2, 0.25) is 5.02 Å². The molecular formula is C37H36ClN3O6. The normalized spacial score (nSPS) is 16.8. The second kappa shape index (κ2) is 13.5. The van der Waals surface area contributed by atoms with E-state index < -0.39 is 5.91 Å². The molecule has 0 bridgehead atoms. The average molecular weight is 654 g/mol. The number of halogens is 1. The van der Waals surface area contributed by atoms with Crippen molar-refractivity contribution in [2.24, 2.45) is 0 Å². The quantitative estimate of drug-likeness (QED) is 0.224. The van der Waals surface area contributed by atoms with Crippen LogP contribution in [0, 0.1) is 0 Å². The van der Waals surface area contributed by atoms with Gasteiger partial charge in [-0.2, -0.15) is 0 Å². The number of carbonyl (C=O) groups is 2. The van der Waals surface area contributed by atoms with Gasteiger partial charge < -0.3 is 29.0 Å². The lowest BCUT2D eigenvalue weighted by molar-refractivity contribution is -0.133. The molecule has 3 aliphatic heterocycles. The first-order valence-electron chi connectivity index (χ1n) is 16.1. The van der Waals surface area contributed by atoms with Crippen molar-refractivity contribution in [3.63, 3.8) is 0 Å². The van der Waals surface area contributed by atoms with Gasteiger partial charge in [-0.1, -0.05) is 53.6 Å². The molecule has 2 saturated heterocycles. The van der Waals surface area contributed by atoms with E-state index in [0.29, 0.717) is 41.3 Å². The number of para-hydroxylation sites is 1. The summed E-state index contributed by atoms with van der Waals surface area (Å²) in [7, 11) is 0. The third-order valence-electron chi connectivity index (χ3n) is 9.09. The molecule has 0 aliphatic carbocycles. The second-order valence-corrected chi connectivity index (χ2v) is 12.7. The maximum Gasteiger partial charge on any atom is 0.287 e. The predicted molar refractivity (Wildman–Crippen MR) is 180 cm³/mol. The number of piperidine rings is 2. The highest BCUT2D eigenvalue weighted by molar-refractivity contribution is 6.30. The van der Waals surface area contributed by atoms with Crippen LogP contribution in [0.25, 0.3) is 11.0 Å². The number of hydrogen-bond acceptors (Lipinski definition) is 7. The summed E-state index contributed by atoms with van der Waals surface area (Å²) in [6, 6.07) is 20.0. The topological polar surface area (TPSA) is 101 Å². The van der Waals surface area contributed by atoms with Crippen LogP contribution >= 0.6 is 11.6 Å². The molecule has 4 heterocycles. The summed E-state index contributed by atoms with van der Waals surface area (Å²) >= 11 is 6.14. The summed E-state index contributed by atoms with van der Waals surface area (Å²) in [4.78, 5) is 43.4. The molecular weight excluding hydrogens is 618 g/mol. The van der Waals surface area contributed by atoms with Crippen LogP contribution < -0.4 is 25.1 Å². The molecule has 1 atom stereocenters. The summed E-state index contributed by atoms with van der Waals surface area (Å²) in [5.74, 6) is 0.634. The van der Waals surface area contributed by atoms with Gasteiger partial charge in [-0.25, -0.2) is 0 Å². The van der Waals surface area contributed by atoms with Gasteiger partial charge in [0.15, 0.2) is 22.7 Å². The molecule has 242 valence electrons. The van der Waals surface area contributed by atoms with Gasteiger partial charge in [0.05, 0.1) is 11.4 Å². The maximum atomic E-state index is 13.5. The molecule has 3 aromatic carbocycles. The Kier molecular flexibility index (Phi) is 8.89. The first kappa shape index (κ1) is 30.9. The molecule has 3 aliphatic rings. The molecule has 0 saturated carbocycles. The van der Waals surface area contributed by atoms with Crippen LogP contribution in [0.3, 0.4) is 0 Å². The molecule has 0 spiro atoms. The van der Waals surface area contributed by atoms with Gasteiger partial charge in [0.2, 0.25) is 12.7 Å². The van der Waals surface area contributed by atoms with Crippen molar-refractivity contribution >= 4 is 40.1 Å². The Morgan fingerprint density at radius 1 is 0.915 bits per heavy atom. The van der Waals surface area contributed by atoms with E-state index in [1.54, 1.807) is 12.1 Å². The Morgan fingerprint density at radius 2 is 1.68 bits per heavy atom. The van der Waals surface area contributed by atoms with Crippen molar-refractivity contribution in [3.8, 4) is 11.5 Å². The van der Waals surface area contributed by atoms with Crippen LogP contribution in [0.5, 0.6) is 11.5 Å². The summed E-state index contributed by atoms with van der Waals surface area (Å²) < 4.78 is 16.7. The van der Waals surface area contributed by atoms with Gasteiger partial charge in [-0.05, 0) is 67.5 Å². The van der Waals surface area contributed by atoms with Crippen molar-refractivity contribution in [1.82, 2.24) is 10.2 Å². The zero-order valence-corrected chi connectivity index (χ0v) is 26.8. The number of hydrogen-bond donors (Lipinski definition) is 1. The van der Waals surface area contributed by atoms with Crippen LogP contribution in [-0.4, -0.2) is 49.2 Å². The molecule has 4 aromatic rings. The number of amides is 2. The lowest BCUT2D eigenvalue weighted by Gasteiger charge is -2.34. The van der Waals surface area contributed by atoms with Crippen molar-refractivity contribution in [2.45, 2.75) is 51.1 Å². The smallest absolute Gasteiger partial charge is 0.287 e. The second-order valence-electron chi connectivity index (χ2n) is 12.3. The van der Waals surface area contributed by atoms with E-state index in [-0.39, 0.29) is 35.5 Å². The Hall–Kier alpha value is -4.76. The Labute approximate surface area is 277 Å².